The zero-order valence-corrected chi connectivity index (χ0v) is 16.5. The Hall–Kier alpha value is -2.25. The van der Waals surface area contributed by atoms with Gasteiger partial charge in [0.25, 0.3) is 0 Å². The normalized spacial score (nSPS) is 18.4. The molecule has 0 radical (unpaired) electrons. The summed E-state index contributed by atoms with van der Waals surface area (Å²) < 4.78 is 8.27. The lowest BCUT2D eigenvalue weighted by molar-refractivity contribution is 0.410. The third kappa shape index (κ3) is 3.50. The monoisotopic (exact) mass is 435 g/mol. The van der Waals surface area contributed by atoms with Gasteiger partial charge in [0.05, 0.1) is 19.2 Å². The van der Waals surface area contributed by atoms with E-state index in [0.717, 1.165) is 27.8 Å². The number of nitrogens with one attached hydrogen (secondary N) is 1. The summed E-state index contributed by atoms with van der Waals surface area (Å²) in [5.74, 6) is 1.79. The molecule has 2 heterocycles. The molecule has 0 amide bonds. The Morgan fingerprint density at radius 3 is 2.73 bits per heavy atom. The van der Waals surface area contributed by atoms with Gasteiger partial charge in [-0.15, -0.1) is 17.5 Å². The Morgan fingerprint density at radius 1 is 1.19 bits per heavy atom. The number of anilines is 2. The third-order valence-electron chi connectivity index (χ3n) is 4.43. The minimum atomic E-state index is 0. The first-order valence-corrected chi connectivity index (χ1v) is 8.81. The highest BCUT2D eigenvalue weighted by Crippen LogP contribution is 2.39. The summed E-state index contributed by atoms with van der Waals surface area (Å²) in [5.41, 5.74) is 8.15. The topological polar surface area (TPSA) is 78.0 Å². The van der Waals surface area contributed by atoms with Crippen molar-refractivity contribution in [2.24, 2.45) is 0 Å². The average Bonchev–Trinajstić information content (AvgIpc) is 3.01. The predicted molar refractivity (Wildman–Crippen MR) is 108 cm³/mol. The summed E-state index contributed by atoms with van der Waals surface area (Å²) in [4.78, 5) is 4.34. The van der Waals surface area contributed by atoms with Crippen LogP contribution in [0.1, 0.15) is 29.6 Å². The van der Waals surface area contributed by atoms with E-state index < -0.39 is 0 Å². The predicted octanol–water partition coefficient (Wildman–Crippen LogP) is 4.20. The maximum absolute atomic E-state index is 5.85. The molecule has 4 rings (SSSR count). The molecule has 8 heteroatoms. The molecular formula is C18H19BrClN5O. The summed E-state index contributed by atoms with van der Waals surface area (Å²) in [7, 11) is 1.68. The van der Waals surface area contributed by atoms with Crippen LogP contribution in [0.4, 0.5) is 11.9 Å². The van der Waals surface area contributed by atoms with Crippen molar-refractivity contribution in [3.63, 3.8) is 0 Å². The van der Waals surface area contributed by atoms with Gasteiger partial charge in [0, 0.05) is 4.47 Å². The average molecular weight is 437 g/mol. The fourth-order valence-corrected chi connectivity index (χ4v) is 3.68. The fraction of sp³-hybridized carbons (Fsp3) is 0.222. The molecule has 2 atom stereocenters. The van der Waals surface area contributed by atoms with Gasteiger partial charge >= 0.3 is 0 Å². The van der Waals surface area contributed by atoms with Crippen molar-refractivity contribution in [3.8, 4) is 5.75 Å². The molecule has 136 valence electrons. The Balaban J connectivity index is 0.00000196. The lowest BCUT2D eigenvalue weighted by Crippen LogP contribution is -2.28. The standard InChI is InChI=1S/C18H18BrN5O.ClH/c1-25-14-7-3-4-11(9-14)15-10-16(12-5-2-6-13(19)8-12)24-18(21-15)22-17(20)23-24;/h2-9,15-16H,10H2,1H3,(H3,20,21,22,23);1H. The van der Waals surface area contributed by atoms with E-state index in [0.29, 0.717) is 5.95 Å². The minimum absolute atomic E-state index is 0. The summed E-state index contributed by atoms with van der Waals surface area (Å²) in [6, 6.07) is 16.5. The van der Waals surface area contributed by atoms with Gasteiger partial charge in [-0.05, 0) is 41.8 Å². The first kappa shape index (κ1) is 18.5. The number of nitrogen functional groups attached to an aromatic ring is 1. The van der Waals surface area contributed by atoms with E-state index in [1.165, 1.54) is 0 Å². The molecule has 3 N–H and O–H groups in total. The first-order valence-electron chi connectivity index (χ1n) is 8.02. The van der Waals surface area contributed by atoms with Crippen LogP contribution in [0.3, 0.4) is 0 Å². The lowest BCUT2D eigenvalue weighted by atomic mass is 9.93. The molecule has 1 aromatic heterocycles. The van der Waals surface area contributed by atoms with Crippen LogP contribution in [-0.4, -0.2) is 21.9 Å². The largest absolute Gasteiger partial charge is 0.497 e. The van der Waals surface area contributed by atoms with Gasteiger partial charge in [-0.2, -0.15) is 4.98 Å². The Morgan fingerprint density at radius 2 is 1.96 bits per heavy atom. The van der Waals surface area contributed by atoms with Crippen LogP contribution in [0.5, 0.6) is 5.75 Å². The van der Waals surface area contributed by atoms with Crippen molar-refractivity contribution in [3.05, 3.63) is 64.1 Å². The Kier molecular flexibility index (Phi) is 5.38. The van der Waals surface area contributed by atoms with E-state index in [-0.39, 0.29) is 30.4 Å². The van der Waals surface area contributed by atoms with Crippen molar-refractivity contribution in [1.82, 2.24) is 14.8 Å². The number of methoxy groups -OCH3 is 1. The van der Waals surface area contributed by atoms with E-state index in [9.17, 15) is 0 Å². The maximum Gasteiger partial charge on any atom is 0.241 e. The van der Waals surface area contributed by atoms with Crippen LogP contribution < -0.4 is 15.8 Å². The van der Waals surface area contributed by atoms with Gasteiger partial charge in [0.1, 0.15) is 5.75 Å². The van der Waals surface area contributed by atoms with Gasteiger partial charge < -0.3 is 15.8 Å². The highest BCUT2D eigenvalue weighted by atomic mass is 79.9. The third-order valence-corrected chi connectivity index (χ3v) is 4.93. The Labute approximate surface area is 166 Å². The molecule has 3 aromatic rings. The highest BCUT2D eigenvalue weighted by molar-refractivity contribution is 9.10. The smallest absolute Gasteiger partial charge is 0.241 e. The number of halogens is 2. The van der Waals surface area contributed by atoms with Crippen LogP contribution in [-0.2, 0) is 0 Å². The number of hydrogen-bond acceptors (Lipinski definition) is 5. The van der Waals surface area contributed by atoms with E-state index in [1.807, 2.05) is 35.0 Å². The van der Waals surface area contributed by atoms with Crippen molar-refractivity contribution in [2.75, 3.05) is 18.2 Å². The van der Waals surface area contributed by atoms with Gasteiger partial charge in [0.15, 0.2) is 0 Å². The second kappa shape index (κ2) is 7.55. The van der Waals surface area contributed by atoms with E-state index >= 15 is 0 Å². The van der Waals surface area contributed by atoms with Crippen LogP contribution in [0, 0.1) is 0 Å². The molecule has 0 fully saturated rings. The molecular weight excluding hydrogens is 418 g/mol. The van der Waals surface area contributed by atoms with Crippen LogP contribution in [0.25, 0.3) is 0 Å². The molecule has 2 aromatic carbocycles. The number of aromatic nitrogens is 3. The van der Waals surface area contributed by atoms with Gasteiger partial charge in [-0.1, -0.05) is 40.2 Å². The second-order valence-electron chi connectivity index (χ2n) is 6.02. The summed E-state index contributed by atoms with van der Waals surface area (Å²) >= 11 is 3.55. The molecule has 0 spiro atoms. The van der Waals surface area contributed by atoms with Crippen LogP contribution >= 0.6 is 28.3 Å². The summed E-state index contributed by atoms with van der Waals surface area (Å²) in [6.45, 7) is 0. The number of nitrogens with two attached hydrogens (primary N) is 1. The number of ether oxygens (including phenoxy) is 1. The van der Waals surface area contributed by atoms with Crippen molar-refractivity contribution < 1.29 is 4.74 Å². The van der Waals surface area contributed by atoms with Gasteiger partial charge in [-0.25, -0.2) is 4.68 Å². The molecule has 1 aliphatic rings. The molecule has 0 bridgehead atoms. The second-order valence-corrected chi connectivity index (χ2v) is 6.93. The van der Waals surface area contributed by atoms with Gasteiger partial charge in [0.2, 0.25) is 11.9 Å². The molecule has 0 saturated heterocycles. The number of fused-ring (bicyclic) bond motifs is 1. The zero-order chi connectivity index (χ0) is 17.4. The molecule has 2 unspecified atom stereocenters. The van der Waals surface area contributed by atoms with Crippen molar-refractivity contribution in [1.29, 1.82) is 0 Å². The van der Waals surface area contributed by atoms with Gasteiger partial charge in [-0.3, -0.25) is 0 Å². The minimum Gasteiger partial charge on any atom is -0.497 e. The van der Waals surface area contributed by atoms with Crippen LogP contribution in [0.15, 0.2) is 53.0 Å². The zero-order valence-electron chi connectivity index (χ0n) is 14.1. The van der Waals surface area contributed by atoms with E-state index in [2.05, 4.69) is 49.5 Å². The summed E-state index contributed by atoms with van der Waals surface area (Å²) in [6.07, 6.45) is 0.833. The maximum atomic E-state index is 5.85. The molecule has 6 nitrogen and oxygen atoms in total. The van der Waals surface area contributed by atoms with E-state index in [1.54, 1.807) is 7.11 Å². The molecule has 26 heavy (non-hydrogen) atoms. The molecule has 1 aliphatic heterocycles. The summed E-state index contributed by atoms with van der Waals surface area (Å²) in [5, 5.41) is 7.82. The van der Waals surface area contributed by atoms with Crippen molar-refractivity contribution in [2.45, 2.75) is 18.5 Å². The Bertz CT molecular complexity index is 916. The molecule has 0 aliphatic carbocycles. The fourth-order valence-electron chi connectivity index (χ4n) is 3.26. The number of hydrogen-bond donors (Lipinski definition) is 2. The van der Waals surface area contributed by atoms with Crippen molar-refractivity contribution >= 4 is 40.2 Å². The number of nitrogens with zero attached hydrogens (tertiary/aromatic N) is 3. The SMILES string of the molecule is COc1cccc(C2CC(c3cccc(Br)c3)n3nc(N)nc3N2)c1.Cl. The number of benzene rings is 2. The van der Waals surface area contributed by atoms with Crippen LogP contribution in [0.2, 0.25) is 0 Å². The lowest BCUT2D eigenvalue weighted by Gasteiger charge is -2.31. The molecule has 0 saturated carbocycles. The highest BCUT2D eigenvalue weighted by Gasteiger charge is 2.31. The number of rotatable bonds is 3. The quantitative estimate of drug-likeness (QED) is 0.643. The van der Waals surface area contributed by atoms with E-state index in [4.69, 9.17) is 10.5 Å². The first-order chi connectivity index (χ1) is 12.1.